The third-order valence-corrected chi connectivity index (χ3v) is 5.06. The molecule has 0 saturated heterocycles. The molecule has 0 bridgehead atoms. The maximum Gasteiger partial charge on any atom is 0.233 e. The Morgan fingerprint density at radius 2 is 1.81 bits per heavy atom. The quantitative estimate of drug-likeness (QED) is 0.697. The standard InChI is InChI=1S/C19H18F3N3OS/c1-24(2)7-8-25(17(26)9-12-3-5-13(20)6-4-12)19-23-18-15(22)10-14(21)11-16(18)27-19/h3-6,10-11H,7-9H2,1-2H3/p+1. The van der Waals surface area contributed by atoms with Crippen LogP contribution in [0.3, 0.4) is 0 Å². The molecule has 0 atom stereocenters. The van der Waals surface area contributed by atoms with Crippen LogP contribution in [0.25, 0.3) is 10.2 Å². The van der Waals surface area contributed by atoms with E-state index in [1.54, 1.807) is 12.1 Å². The highest BCUT2D eigenvalue weighted by Gasteiger charge is 2.22. The summed E-state index contributed by atoms with van der Waals surface area (Å²) in [5.74, 6) is -2.04. The van der Waals surface area contributed by atoms with Gasteiger partial charge in [0, 0.05) is 6.07 Å². The molecule has 1 amide bonds. The molecule has 142 valence electrons. The summed E-state index contributed by atoms with van der Waals surface area (Å²) < 4.78 is 40.9. The minimum atomic E-state index is -0.753. The number of hydrogen-bond donors (Lipinski definition) is 1. The zero-order chi connectivity index (χ0) is 19.6. The number of aromatic nitrogens is 1. The van der Waals surface area contributed by atoms with Crippen LogP contribution < -0.4 is 9.80 Å². The SMILES string of the molecule is C[NH+](C)CCN(C(=O)Cc1ccc(F)cc1)c1nc2c(F)cc(F)cc2s1. The van der Waals surface area contributed by atoms with E-state index in [-0.39, 0.29) is 23.7 Å². The van der Waals surface area contributed by atoms with Gasteiger partial charge in [0.25, 0.3) is 0 Å². The number of nitrogens with zero attached hydrogens (tertiary/aromatic N) is 2. The first-order valence-corrected chi connectivity index (χ1v) is 9.24. The van der Waals surface area contributed by atoms with Gasteiger partial charge >= 0.3 is 0 Å². The van der Waals surface area contributed by atoms with Crippen molar-refractivity contribution in [2.45, 2.75) is 6.42 Å². The number of fused-ring (bicyclic) bond motifs is 1. The predicted molar refractivity (Wildman–Crippen MR) is 99.7 cm³/mol. The molecule has 0 aliphatic carbocycles. The van der Waals surface area contributed by atoms with Crippen molar-refractivity contribution in [3.05, 3.63) is 59.4 Å². The van der Waals surface area contributed by atoms with E-state index in [0.717, 1.165) is 22.3 Å². The van der Waals surface area contributed by atoms with Gasteiger partial charge in [-0.05, 0) is 23.8 Å². The van der Waals surface area contributed by atoms with Crippen molar-refractivity contribution in [2.75, 3.05) is 32.1 Å². The van der Waals surface area contributed by atoms with Crippen LogP contribution in [0.4, 0.5) is 18.3 Å². The van der Waals surface area contributed by atoms with E-state index < -0.39 is 11.6 Å². The van der Waals surface area contributed by atoms with E-state index in [0.29, 0.717) is 28.5 Å². The number of nitrogens with one attached hydrogen (secondary N) is 1. The van der Waals surface area contributed by atoms with E-state index in [1.165, 1.54) is 23.1 Å². The maximum atomic E-state index is 14.0. The molecular formula is C19H19F3N3OS+. The molecule has 1 aromatic heterocycles. The molecule has 3 rings (SSSR count). The lowest BCUT2D eigenvalue weighted by atomic mass is 10.1. The van der Waals surface area contributed by atoms with Crippen LogP contribution in [-0.2, 0) is 11.2 Å². The largest absolute Gasteiger partial charge is 0.338 e. The molecule has 3 aromatic rings. The Kier molecular flexibility index (Phi) is 5.76. The Morgan fingerprint density at radius 3 is 2.48 bits per heavy atom. The number of likely N-dealkylation sites (N-methyl/N-ethyl adjacent to an activating group) is 1. The first-order valence-electron chi connectivity index (χ1n) is 8.43. The Bertz CT molecular complexity index is 957. The van der Waals surface area contributed by atoms with Gasteiger partial charge in [-0.1, -0.05) is 23.5 Å². The van der Waals surface area contributed by atoms with E-state index in [4.69, 9.17) is 0 Å². The molecule has 27 heavy (non-hydrogen) atoms. The molecule has 0 fully saturated rings. The predicted octanol–water partition coefficient (Wildman–Crippen LogP) is 2.43. The lowest BCUT2D eigenvalue weighted by molar-refractivity contribution is -0.856. The third-order valence-electron chi connectivity index (χ3n) is 4.04. The van der Waals surface area contributed by atoms with E-state index >= 15 is 0 Å². The molecule has 0 spiro atoms. The fourth-order valence-corrected chi connectivity index (χ4v) is 3.64. The Labute approximate surface area is 158 Å². The molecule has 2 aromatic carbocycles. The first-order chi connectivity index (χ1) is 12.8. The number of hydrogen-bond acceptors (Lipinski definition) is 3. The van der Waals surface area contributed by atoms with Crippen LogP contribution in [0, 0.1) is 17.5 Å². The first kappa shape index (κ1) is 19.3. The summed E-state index contributed by atoms with van der Waals surface area (Å²) >= 11 is 1.07. The molecule has 0 radical (unpaired) electrons. The normalized spacial score (nSPS) is 11.3. The molecule has 0 saturated carbocycles. The number of benzene rings is 2. The van der Waals surface area contributed by atoms with Crippen molar-refractivity contribution in [2.24, 2.45) is 0 Å². The highest BCUT2D eigenvalue weighted by atomic mass is 32.1. The summed E-state index contributed by atoms with van der Waals surface area (Å²) in [6.07, 6.45) is 0.0653. The monoisotopic (exact) mass is 394 g/mol. The number of carbonyl (C=O) groups excluding carboxylic acids is 1. The lowest BCUT2D eigenvalue weighted by Gasteiger charge is -2.20. The Hall–Kier alpha value is -2.45. The molecule has 1 heterocycles. The summed E-state index contributed by atoms with van der Waals surface area (Å²) in [7, 11) is 3.91. The summed E-state index contributed by atoms with van der Waals surface area (Å²) in [5, 5.41) is 0.322. The molecule has 0 aliphatic rings. The summed E-state index contributed by atoms with van der Waals surface area (Å²) in [5.41, 5.74) is 0.718. The van der Waals surface area contributed by atoms with E-state index in [1.807, 2.05) is 14.1 Å². The van der Waals surface area contributed by atoms with Crippen LogP contribution in [0.5, 0.6) is 0 Å². The topological polar surface area (TPSA) is 37.6 Å². The van der Waals surface area contributed by atoms with Gasteiger partial charge in [0.2, 0.25) is 5.91 Å². The number of quaternary nitrogens is 1. The molecular weight excluding hydrogens is 375 g/mol. The fraction of sp³-hybridized carbons (Fsp3) is 0.263. The fourth-order valence-electron chi connectivity index (χ4n) is 2.60. The van der Waals surface area contributed by atoms with Gasteiger partial charge in [0.1, 0.15) is 17.2 Å². The minimum absolute atomic E-state index is 0.0492. The number of amides is 1. The number of thiazole rings is 1. The Morgan fingerprint density at radius 1 is 1.11 bits per heavy atom. The van der Waals surface area contributed by atoms with Crippen molar-refractivity contribution in [1.82, 2.24) is 4.98 Å². The average Bonchev–Trinajstić information content (AvgIpc) is 3.00. The number of halogens is 3. The molecule has 0 unspecified atom stereocenters. The summed E-state index contributed by atoms with van der Waals surface area (Å²) in [6, 6.07) is 7.69. The molecule has 1 N–H and O–H groups in total. The number of anilines is 1. The Balaban J connectivity index is 1.91. The molecule has 4 nitrogen and oxygen atoms in total. The summed E-state index contributed by atoms with van der Waals surface area (Å²) in [4.78, 5) is 19.7. The van der Waals surface area contributed by atoms with Crippen LogP contribution in [0.15, 0.2) is 36.4 Å². The summed E-state index contributed by atoms with van der Waals surface area (Å²) in [6.45, 7) is 1.04. The van der Waals surface area contributed by atoms with Crippen molar-refractivity contribution >= 4 is 32.6 Å². The number of rotatable bonds is 6. The molecule has 0 aliphatic heterocycles. The van der Waals surface area contributed by atoms with Crippen LogP contribution >= 0.6 is 11.3 Å². The zero-order valence-corrected chi connectivity index (χ0v) is 15.7. The van der Waals surface area contributed by atoms with Crippen LogP contribution in [0.1, 0.15) is 5.56 Å². The highest BCUT2D eigenvalue weighted by Crippen LogP contribution is 2.31. The minimum Gasteiger partial charge on any atom is -0.338 e. The lowest BCUT2D eigenvalue weighted by Crippen LogP contribution is -3.06. The van der Waals surface area contributed by atoms with Gasteiger partial charge in [-0.2, -0.15) is 0 Å². The van der Waals surface area contributed by atoms with Gasteiger partial charge < -0.3 is 4.90 Å². The van der Waals surface area contributed by atoms with Gasteiger partial charge in [0.15, 0.2) is 10.9 Å². The number of carbonyl (C=O) groups is 1. The third kappa shape index (κ3) is 4.64. The van der Waals surface area contributed by atoms with Crippen LogP contribution in [0.2, 0.25) is 0 Å². The van der Waals surface area contributed by atoms with Crippen molar-refractivity contribution < 1.29 is 22.9 Å². The second-order valence-corrected chi connectivity index (χ2v) is 7.55. The van der Waals surface area contributed by atoms with E-state index in [9.17, 15) is 18.0 Å². The van der Waals surface area contributed by atoms with Gasteiger partial charge in [0.05, 0.1) is 38.3 Å². The van der Waals surface area contributed by atoms with Crippen molar-refractivity contribution in [3.63, 3.8) is 0 Å². The molecule has 8 heteroatoms. The van der Waals surface area contributed by atoms with E-state index in [2.05, 4.69) is 4.98 Å². The van der Waals surface area contributed by atoms with Crippen molar-refractivity contribution in [1.29, 1.82) is 0 Å². The van der Waals surface area contributed by atoms with Crippen molar-refractivity contribution in [3.8, 4) is 0 Å². The zero-order valence-electron chi connectivity index (χ0n) is 14.9. The second-order valence-electron chi connectivity index (χ2n) is 6.54. The van der Waals surface area contributed by atoms with Gasteiger partial charge in [-0.25, -0.2) is 18.2 Å². The maximum absolute atomic E-state index is 14.0. The van der Waals surface area contributed by atoms with Gasteiger partial charge in [-0.15, -0.1) is 0 Å². The highest BCUT2D eigenvalue weighted by molar-refractivity contribution is 7.22. The second kappa shape index (κ2) is 8.06. The smallest absolute Gasteiger partial charge is 0.233 e. The van der Waals surface area contributed by atoms with Gasteiger partial charge in [-0.3, -0.25) is 9.69 Å². The average molecular weight is 394 g/mol. The van der Waals surface area contributed by atoms with Crippen LogP contribution in [-0.4, -0.2) is 38.1 Å².